The molecular formula is C29H30FN3O4. The number of benzene rings is 3. The molecule has 0 radical (unpaired) electrons. The molecule has 0 spiro atoms. The monoisotopic (exact) mass is 503 g/mol. The van der Waals surface area contributed by atoms with Gasteiger partial charge in [-0.05, 0) is 66.1 Å². The predicted octanol–water partition coefficient (Wildman–Crippen LogP) is 4.99. The second kappa shape index (κ2) is 11.3. The van der Waals surface area contributed by atoms with Gasteiger partial charge in [-0.2, -0.15) is 0 Å². The van der Waals surface area contributed by atoms with E-state index in [2.05, 4.69) is 10.6 Å². The van der Waals surface area contributed by atoms with Gasteiger partial charge in [0.25, 0.3) is 11.8 Å². The minimum atomic E-state index is -0.383. The lowest BCUT2D eigenvalue weighted by molar-refractivity contribution is 0.0945. The van der Waals surface area contributed by atoms with Crippen molar-refractivity contribution in [2.75, 3.05) is 26.7 Å². The maximum Gasteiger partial charge on any atom is 0.255 e. The fourth-order valence-electron chi connectivity index (χ4n) is 4.01. The van der Waals surface area contributed by atoms with Gasteiger partial charge in [-0.15, -0.1) is 0 Å². The van der Waals surface area contributed by atoms with E-state index in [4.69, 9.17) is 14.9 Å². The number of hydrogen-bond acceptors (Lipinski definition) is 5. The van der Waals surface area contributed by atoms with Crippen LogP contribution < -0.4 is 21.1 Å². The molecule has 37 heavy (non-hydrogen) atoms. The highest BCUT2D eigenvalue weighted by Gasteiger charge is 2.23. The molecule has 192 valence electrons. The SMILES string of the molecule is CNC(=O)c1c(-c2ccc(F)cc2)oc2ccc(-c3cc(C(=O)NCC(C)C)ccc3OCCN)cc12. The molecule has 0 aliphatic heterocycles. The standard InChI is InChI=1S/C29H30FN3O4/c1-17(2)16-33-28(34)20-7-10-24(36-13-12-31)22(15-20)19-6-11-25-23(14-19)26(29(35)32-3)27(37-25)18-4-8-21(30)9-5-18/h4-11,14-15,17H,12-13,16,31H2,1-3H3,(H,32,35)(H,33,34). The topological polar surface area (TPSA) is 107 Å². The van der Waals surface area contributed by atoms with Gasteiger partial charge >= 0.3 is 0 Å². The Hall–Kier alpha value is -4.17. The number of nitrogens with two attached hydrogens (primary N) is 1. The largest absolute Gasteiger partial charge is 0.492 e. The van der Waals surface area contributed by atoms with Gasteiger partial charge in [0.1, 0.15) is 29.5 Å². The maximum absolute atomic E-state index is 13.5. The van der Waals surface area contributed by atoms with Crippen LogP contribution in [0.4, 0.5) is 4.39 Å². The molecule has 0 fully saturated rings. The van der Waals surface area contributed by atoms with Crippen LogP contribution >= 0.6 is 0 Å². The highest BCUT2D eigenvalue weighted by Crippen LogP contribution is 2.38. The van der Waals surface area contributed by atoms with Crippen LogP contribution in [0, 0.1) is 11.7 Å². The molecular weight excluding hydrogens is 473 g/mol. The van der Waals surface area contributed by atoms with Gasteiger partial charge in [-0.3, -0.25) is 9.59 Å². The molecule has 8 heteroatoms. The Morgan fingerprint density at radius 3 is 2.41 bits per heavy atom. The van der Waals surface area contributed by atoms with Crippen LogP contribution in [0.3, 0.4) is 0 Å². The average molecular weight is 504 g/mol. The molecule has 4 aromatic rings. The van der Waals surface area contributed by atoms with Gasteiger partial charge in [0, 0.05) is 42.2 Å². The van der Waals surface area contributed by atoms with Gasteiger partial charge < -0.3 is 25.5 Å². The molecule has 1 heterocycles. The zero-order chi connectivity index (χ0) is 26.5. The summed E-state index contributed by atoms with van der Waals surface area (Å²) in [5, 5.41) is 6.17. The van der Waals surface area contributed by atoms with Crippen LogP contribution in [0.5, 0.6) is 5.75 Å². The van der Waals surface area contributed by atoms with Crippen molar-refractivity contribution in [1.82, 2.24) is 10.6 Å². The third kappa shape index (κ3) is 5.65. The van der Waals surface area contributed by atoms with Crippen molar-refractivity contribution < 1.29 is 23.1 Å². The lowest BCUT2D eigenvalue weighted by Crippen LogP contribution is -2.27. The molecule has 4 rings (SSSR count). The Morgan fingerprint density at radius 2 is 1.73 bits per heavy atom. The summed E-state index contributed by atoms with van der Waals surface area (Å²) < 4.78 is 25.4. The lowest BCUT2D eigenvalue weighted by atomic mass is 9.98. The second-order valence-electron chi connectivity index (χ2n) is 9.06. The first-order valence-corrected chi connectivity index (χ1v) is 12.1. The number of rotatable bonds is 9. The molecule has 0 aliphatic carbocycles. The van der Waals surface area contributed by atoms with Crippen molar-refractivity contribution >= 4 is 22.8 Å². The summed E-state index contributed by atoms with van der Waals surface area (Å²) >= 11 is 0. The number of nitrogens with one attached hydrogen (secondary N) is 2. The van der Waals surface area contributed by atoms with E-state index in [0.717, 1.165) is 5.56 Å². The predicted molar refractivity (Wildman–Crippen MR) is 142 cm³/mol. The average Bonchev–Trinajstić information content (AvgIpc) is 3.29. The number of carbonyl (C=O) groups excluding carboxylic acids is 2. The normalized spacial score (nSPS) is 11.1. The van der Waals surface area contributed by atoms with Crippen molar-refractivity contribution in [3.05, 3.63) is 77.6 Å². The van der Waals surface area contributed by atoms with Crippen LogP contribution in [-0.4, -0.2) is 38.6 Å². The smallest absolute Gasteiger partial charge is 0.255 e. The van der Waals surface area contributed by atoms with Crippen LogP contribution in [-0.2, 0) is 0 Å². The van der Waals surface area contributed by atoms with Crippen molar-refractivity contribution in [2.45, 2.75) is 13.8 Å². The highest BCUT2D eigenvalue weighted by atomic mass is 19.1. The summed E-state index contributed by atoms with van der Waals surface area (Å²) in [6, 6.07) is 16.4. The Kier molecular flexibility index (Phi) is 7.89. The number of amides is 2. The summed E-state index contributed by atoms with van der Waals surface area (Å²) in [6.45, 7) is 5.25. The summed E-state index contributed by atoms with van der Waals surface area (Å²) in [6.07, 6.45) is 0. The van der Waals surface area contributed by atoms with Crippen LogP contribution in [0.15, 0.2) is 65.1 Å². The molecule has 7 nitrogen and oxygen atoms in total. The van der Waals surface area contributed by atoms with Gasteiger partial charge in [0.2, 0.25) is 0 Å². The fourth-order valence-corrected chi connectivity index (χ4v) is 4.01. The van der Waals surface area contributed by atoms with E-state index in [1.54, 1.807) is 36.4 Å². The first kappa shape index (κ1) is 25.9. The van der Waals surface area contributed by atoms with E-state index in [-0.39, 0.29) is 17.6 Å². The van der Waals surface area contributed by atoms with Gasteiger partial charge in [0.05, 0.1) is 5.56 Å². The van der Waals surface area contributed by atoms with E-state index in [1.807, 2.05) is 26.0 Å². The number of fused-ring (bicyclic) bond motifs is 1. The number of carbonyl (C=O) groups is 2. The Labute approximate surface area is 214 Å². The zero-order valence-electron chi connectivity index (χ0n) is 21.1. The molecule has 0 saturated heterocycles. The number of halogens is 1. The van der Waals surface area contributed by atoms with Crippen molar-refractivity contribution in [3.63, 3.8) is 0 Å². The van der Waals surface area contributed by atoms with Crippen molar-refractivity contribution in [2.24, 2.45) is 11.7 Å². The first-order chi connectivity index (χ1) is 17.8. The number of furan rings is 1. The van der Waals surface area contributed by atoms with E-state index in [0.29, 0.717) is 70.3 Å². The van der Waals surface area contributed by atoms with E-state index in [9.17, 15) is 14.0 Å². The van der Waals surface area contributed by atoms with Gasteiger partial charge in [-0.25, -0.2) is 4.39 Å². The Morgan fingerprint density at radius 1 is 1.00 bits per heavy atom. The summed E-state index contributed by atoms with van der Waals surface area (Å²) in [5.74, 6) is 0.316. The first-order valence-electron chi connectivity index (χ1n) is 12.1. The molecule has 4 N–H and O–H groups in total. The molecule has 3 aromatic carbocycles. The Balaban J connectivity index is 1.85. The van der Waals surface area contributed by atoms with Crippen LogP contribution in [0.25, 0.3) is 33.4 Å². The summed E-state index contributed by atoms with van der Waals surface area (Å²) in [4.78, 5) is 25.7. The maximum atomic E-state index is 13.5. The lowest BCUT2D eigenvalue weighted by Gasteiger charge is -2.14. The molecule has 1 aromatic heterocycles. The zero-order valence-corrected chi connectivity index (χ0v) is 21.1. The molecule has 0 aliphatic rings. The third-order valence-corrected chi connectivity index (χ3v) is 5.85. The van der Waals surface area contributed by atoms with Gasteiger partial charge in [-0.1, -0.05) is 19.9 Å². The molecule has 2 amide bonds. The second-order valence-corrected chi connectivity index (χ2v) is 9.06. The molecule has 0 bridgehead atoms. The van der Waals surface area contributed by atoms with Gasteiger partial charge in [0.15, 0.2) is 0 Å². The van der Waals surface area contributed by atoms with Crippen molar-refractivity contribution in [3.8, 4) is 28.2 Å². The van der Waals surface area contributed by atoms with Crippen molar-refractivity contribution in [1.29, 1.82) is 0 Å². The van der Waals surface area contributed by atoms with Crippen LogP contribution in [0.2, 0.25) is 0 Å². The summed E-state index contributed by atoms with van der Waals surface area (Å²) in [7, 11) is 1.54. The highest BCUT2D eigenvalue weighted by molar-refractivity contribution is 6.12. The summed E-state index contributed by atoms with van der Waals surface area (Å²) in [5.41, 5.74) is 8.96. The number of hydrogen-bond donors (Lipinski definition) is 3. The van der Waals surface area contributed by atoms with E-state index < -0.39 is 0 Å². The minimum absolute atomic E-state index is 0.186. The number of ether oxygens (including phenoxy) is 1. The fraction of sp³-hybridized carbons (Fsp3) is 0.241. The Bertz CT molecular complexity index is 1430. The van der Waals surface area contributed by atoms with E-state index in [1.165, 1.54) is 19.2 Å². The quantitative estimate of drug-likeness (QED) is 0.298. The van der Waals surface area contributed by atoms with E-state index >= 15 is 0 Å². The molecule has 0 unspecified atom stereocenters. The third-order valence-electron chi connectivity index (χ3n) is 5.85. The minimum Gasteiger partial charge on any atom is -0.492 e. The molecule has 0 saturated carbocycles. The molecule has 0 atom stereocenters. The van der Waals surface area contributed by atoms with Crippen LogP contribution in [0.1, 0.15) is 34.6 Å².